The van der Waals surface area contributed by atoms with Gasteiger partial charge in [0.2, 0.25) is 5.91 Å². The van der Waals surface area contributed by atoms with E-state index < -0.39 is 5.41 Å². The number of nitrogens with zero attached hydrogens (tertiary/aromatic N) is 1. The maximum absolute atomic E-state index is 11.8. The number of hydrogen-bond donors (Lipinski definition) is 1. The Morgan fingerprint density at radius 2 is 2.11 bits per heavy atom. The smallest absolute Gasteiger partial charge is 0.240 e. The Bertz CT molecular complexity index is 457. The molecule has 1 N–H and O–H groups in total. The van der Waals surface area contributed by atoms with Gasteiger partial charge in [0.05, 0.1) is 6.07 Å². The van der Waals surface area contributed by atoms with Gasteiger partial charge in [-0.3, -0.25) is 4.79 Å². The Hall–Kier alpha value is -1.82. The third kappa shape index (κ3) is 2.89. The molecule has 1 fully saturated rings. The largest absolute Gasteiger partial charge is 0.352 e. The van der Waals surface area contributed by atoms with Gasteiger partial charge in [0, 0.05) is 6.04 Å². The first-order valence-electron chi connectivity index (χ1n) is 6.42. The number of hydrogen-bond acceptors (Lipinski definition) is 2. The Kier molecular flexibility index (Phi) is 3.66. The minimum atomic E-state index is -0.707. The molecule has 0 aliphatic heterocycles. The summed E-state index contributed by atoms with van der Waals surface area (Å²) in [6.45, 7) is 1.99. The third-order valence-electron chi connectivity index (χ3n) is 3.49. The quantitative estimate of drug-likeness (QED) is 0.862. The standard InChI is InChI=1S/C15H18N2O/c1-12(7-8-13-5-3-2-4-6-13)17-14(18)15(11-16)9-10-15/h2-6,12H,7-10H2,1H3,(H,17,18)/t12-/m1/s1. The molecule has 1 aliphatic rings. The molecule has 0 unspecified atom stereocenters. The first kappa shape index (κ1) is 12.6. The SMILES string of the molecule is C[C@H](CCc1ccccc1)NC(=O)C1(C#N)CC1. The van der Waals surface area contributed by atoms with E-state index in [-0.39, 0.29) is 11.9 Å². The van der Waals surface area contributed by atoms with Gasteiger partial charge >= 0.3 is 0 Å². The monoisotopic (exact) mass is 242 g/mol. The molecule has 2 rings (SSSR count). The Morgan fingerprint density at radius 1 is 1.44 bits per heavy atom. The molecule has 0 spiro atoms. The number of nitrogens with one attached hydrogen (secondary N) is 1. The summed E-state index contributed by atoms with van der Waals surface area (Å²) in [5, 5.41) is 11.9. The van der Waals surface area contributed by atoms with Crippen LogP contribution in [0.15, 0.2) is 30.3 Å². The van der Waals surface area contributed by atoms with Crippen LogP contribution in [0.5, 0.6) is 0 Å². The first-order valence-corrected chi connectivity index (χ1v) is 6.42. The van der Waals surface area contributed by atoms with Crippen LogP contribution >= 0.6 is 0 Å². The molecule has 1 atom stereocenters. The molecule has 1 aliphatic carbocycles. The van der Waals surface area contributed by atoms with Gasteiger partial charge in [-0.15, -0.1) is 0 Å². The van der Waals surface area contributed by atoms with Crippen LogP contribution in [0.1, 0.15) is 31.7 Å². The molecule has 0 heterocycles. The summed E-state index contributed by atoms with van der Waals surface area (Å²) in [6.07, 6.45) is 3.26. The van der Waals surface area contributed by atoms with Crippen molar-refractivity contribution in [1.82, 2.24) is 5.32 Å². The summed E-state index contributed by atoms with van der Waals surface area (Å²) >= 11 is 0. The van der Waals surface area contributed by atoms with Crippen LogP contribution in [0.25, 0.3) is 0 Å². The zero-order valence-corrected chi connectivity index (χ0v) is 10.6. The van der Waals surface area contributed by atoms with Crippen LogP contribution in [0.2, 0.25) is 0 Å². The summed E-state index contributed by atoms with van der Waals surface area (Å²) in [6, 6.07) is 12.5. The minimum absolute atomic E-state index is 0.0921. The molecule has 0 aromatic heterocycles. The lowest BCUT2D eigenvalue weighted by molar-refractivity contribution is -0.125. The van der Waals surface area contributed by atoms with Crippen LogP contribution < -0.4 is 5.32 Å². The summed E-state index contributed by atoms with van der Waals surface area (Å²) < 4.78 is 0. The number of nitriles is 1. The maximum atomic E-state index is 11.8. The highest BCUT2D eigenvalue weighted by Gasteiger charge is 2.50. The molecule has 3 heteroatoms. The van der Waals surface area contributed by atoms with E-state index in [0.29, 0.717) is 12.8 Å². The molecule has 1 aromatic rings. The number of rotatable bonds is 5. The summed E-state index contributed by atoms with van der Waals surface area (Å²) in [4.78, 5) is 11.8. The fourth-order valence-electron chi connectivity index (χ4n) is 1.98. The van der Waals surface area contributed by atoms with Crippen molar-refractivity contribution < 1.29 is 4.79 Å². The molecular formula is C15H18N2O. The van der Waals surface area contributed by atoms with Gasteiger partial charge < -0.3 is 5.32 Å². The number of carbonyl (C=O) groups is 1. The van der Waals surface area contributed by atoms with E-state index in [2.05, 4.69) is 23.5 Å². The zero-order chi connectivity index (χ0) is 13.0. The van der Waals surface area contributed by atoms with Crippen LogP contribution in [-0.4, -0.2) is 11.9 Å². The molecule has 0 saturated heterocycles. The van der Waals surface area contributed by atoms with E-state index in [1.54, 1.807) is 0 Å². The lowest BCUT2D eigenvalue weighted by Crippen LogP contribution is -2.38. The molecule has 0 radical (unpaired) electrons. The molecular weight excluding hydrogens is 224 g/mol. The van der Waals surface area contributed by atoms with Gasteiger partial charge in [0.1, 0.15) is 5.41 Å². The fraction of sp³-hybridized carbons (Fsp3) is 0.467. The topological polar surface area (TPSA) is 52.9 Å². The highest BCUT2D eigenvalue weighted by atomic mass is 16.2. The molecule has 3 nitrogen and oxygen atoms in total. The van der Waals surface area contributed by atoms with Crippen molar-refractivity contribution >= 4 is 5.91 Å². The van der Waals surface area contributed by atoms with Gasteiger partial charge in [-0.05, 0) is 38.2 Å². The van der Waals surface area contributed by atoms with E-state index in [1.165, 1.54) is 5.56 Å². The molecule has 1 amide bonds. The van der Waals surface area contributed by atoms with Crippen molar-refractivity contribution in [2.45, 2.75) is 38.6 Å². The van der Waals surface area contributed by atoms with Crippen molar-refractivity contribution in [3.63, 3.8) is 0 Å². The number of aryl methyl sites for hydroxylation is 1. The predicted octanol–water partition coefficient (Wildman–Crippen LogP) is 2.43. The third-order valence-corrected chi connectivity index (χ3v) is 3.49. The zero-order valence-electron chi connectivity index (χ0n) is 10.6. The van der Waals surface area contributed by atoms with E-state index in [0.717, 1.165) is 12.8 Å². The average Bonchev–Trinajstić information content (AvgIpc) is 3.18. The lowest BCUT2D eigenvalue weighted by Gasteiger charge is -2.15. The van der Waals surface area contributed by atoms with Gasteiger partial charge in [-0.1, -0.05) is 30.3 Å². The van der Waals surface area contributed by atoms with E-state index >= 15 is 0 Å². The molecule has 18 heavy (non-hydrogen) atoms. The summed E-state index contributed by atoms with van der Waals surface area (Å²) in [7, 11) is 0. The van der Waals surface area contributed by atoms with Gasteiger partial charge in [-0.2, -0.15) is 5.26 Å². The van der Waals surface area contributed by atoms with Crippen molar-refractivity contribution in [3.8, 4) is 6.07 Å². The second kappa shape index (κ2) is 5.22. The first-order chi connectivity index (χ1) is 8.66. The number of carbonyl (C=O) groups excluding carboxylic acids is 1. The van der Waals surface area contributed by atoms with Gasteiger partial charge in [-0.25, -0.2) is 0 Å². The van der Waals surface area contributed by atoms with Crippen molar-refractivity contribution in [3.05, 3.63) is 35.9 Å². The second-order valence-electron chi connectivity index (χ2n) is 5.09. The van der Waals surface area contributed by atoms with Crippen molar-refractivity contribution in [2.24, 2.45) is 5.41 Å². The van der Waals surface area contributed by atoms with Crippen molar-refractivity contribution in [2.75, 3.05) is 0 Å². The minimum Gasteiger partial charge on any atom is -0.352 e. The predicted molar refractivity (Wildman–Crippen MR) is 69.6 cm³/mol. The Labute approximate surface area is 108 Å². The molecule has 1 aromatic carbocycles. The fourth-order valence-corrected chi connectivity index (χ4v) is 1.98. The van der Waals surface area contributed by atoms with E-state index in [1.807, 2.05) is 25.1 Å². The van der Waals surface area contributed by atoms with E-state index in [4.69, 9.17) is 5.26 Å². The Balaban J connectivity index is 1.78. The van der Waals surface area contributed by atoms with Gasteiger partial charge in [0.25, 0.3) is 0 Å². The van der Waals surface area contributed by atoms with Gasteiger partial charge in [0.15, 0.2) is 0 Å². The summed E-state index contributed by atoms with van der Waals surface area (Å²) in [5.41, 5.74) is 0.570. The van der Waals surface area contributed by atoms with Crippen LogP contribution in [0.4, 0.5) is 0 Å². The van der Waals surface area contributed by atoms with Crippen LogP contribution in [0.3, 0.4) is 0 Å². The molecule has 0 bridgehead atoms. The second-order valence-corrected chi connectivity index (χ2v) is 5.09. The van der Waals surface area contributed by atoms with Crippen LogP contribution in [-0.2, 0) is 11.2 Å². The van der Waals surface area contributed by atoms with Crippen LogP contribution in [0, 0.1) is 16.7 Å². The lowest BCUT2D eigenvalue weighted by atomic mass is 10.0. The average molecular weight is 242 g/mol. The molecule has 94 valence electrons. The number of benzene rings is 1. The normalized spacial score (nSPS) is 17.6. The highest BCUT2D eigenvalue weighted by Crippen LogP contribution is 2.45. The highest BCUT2D eigenvalue weighted by molar-refractivity contribution is 5.88. The number of amides is 1. The summed E-state index contributed by atoms with van der Waals surface area (Å²) in [5.74, 6) is -0.0921. The van der Waals surface area contributed by atoms with E-state index in [9.17, 15) is 4.79 Å². The maximum Gasteiger partial charge on any atom is 0.240 e. The Morgan fingerprint density at radius 3 is 2.67 bits per heavy atom. The van der Waals surface area contributed by atoms with Crippen molar-refractivity contribution in [1.29, 1.82) is 5.26 Å². The molecule has 1 saturated carbocycles.